The molecule has 2 N–H and O–H groups in total. The molecule has 0 spiro atoms. The van der Waals surface area contributed by atoms with Crippen LogP contribution in [0.4, 0.5) is 0 Å². The van der Waals surface area contributed by atoms with Crippen molar-refractivity contribution in [2.45, 2.75) is 45.6 Å². The van der Waals surface area contributed by atoms with E-state index in [1.807, 2.05) is 31.2 Å². The van der Waals surface area contributed by atoms with Crippen molar-refractivity contribution in [1.29, 1.82) is 0 Å². The Hall–Kier alpha value is -2.44. The first-order valence-corrected chi connectivity index (χ1v) is 11.6. The van der Waals surface area contributed by atoms with Gasteiger partial charge in [0.2, 0.25) is 5.43 Å². The highest BCUT2D eigenvalue weighted by Crippen LogP contribution is 2.19. The zero-order valence-electron chi connectivity index (χ0n) is 18.9. The number of unbranched alkanes of at least 4 members (excludes halogenated alkanes) is 1. The third-order valence-corrected chi connectivity index (χ3v) is 5.50. The van der Waals surface area contributed by atoms with Crippen LogP contribution in [-0.2, 0) is 33.8 Å². The number of carboxylic acids is 1. The second-order valence-electron chi connectivity index (χ2n) is 7.30. The van der Waals surface area contributed by atoms with Gasteiger partial charge >= 0.3 is 5.97 Å². The maximum atomic E-state index is 13.3. The van der Waals surface area contributed by atoms with Crippen molar-refractivity contribution in [3.63, 3.8) is 0 Å². The monoisotopic (exact) mass is 572 g/mol. The number of rotatable bonds is 13. The van der Waals surface area contributed by atoms with E-state index in [-0.39, 0.29) is 36.7 Å². The highest BCUT2D eigenvalue weighted by molar-refractivity contribution is 14.1. The Bertz CT molecular complexity index is 1020. The molecule has 0 aliphatic carbocycles. The van der Waals surface area contributed by atoms with Gasteiger partial charge < -0.3 is 29.2 Å². The van der Waals surface area contributed by atoms with E-state index >= 15 is 0 Å². The molecule has 1 aromatic heterocycles. The van der Waals surface area contributed by atoms with Crippen LogP contribution in [0, 0.1) is 3.57 Å². The van der Waals surface area contributed by atoms with Crippen LogP contribution < -0.4 is 15.5 Å². The summed E-state index contributed by atoms with van der Waals surface area (Å²) in [5, 5.41) is 12.1. The number of amides is 1. The van der Waals surface area contributed by atoms with Crippen molar-refractivity contribution < 1.29 is 28.9 Å². The lowest BCUT2D eigenvalue weighted by Crippen LogP contribution is -2.34. The summed E-state index contributed by atoms with van der Waals surface area (Å²) in [7, 11) is 2.90. The van der Waals surface area contributed by atoms with Crippen LogP contribution in [0.3, 0.4) is 0 Å². The highest BCUT2D eigenvalue weighted by atomic mass is 127. The second-order valence-corrected chi connectivity index (χ2v) is 8.55. The Labute approximate surface area is 206 Å². The SMILES string of the molecule is CCCCOc1c(C(=O)NCc2cccc(I)c2)n(CC(OC)OC)cc(CC(=O)O)c1=O. The molecule has 9 nitrogen and oxygen atoms in total. The van der Waals surface area contributed by atoms with E-state index in [2.05, 4.69) is 27.9 Å². The number of halogens is 1. The van der Waals surface area contributed by atoms with E-state index in [0.29, 0.717) is 6.42 Å². The minimum atomic E-state index is -1.16. The van der Waals surface area contributed by atoms with Crippen LogP contribution >= 0.6 is 22.6 Å². The molecule has 1 amide bonds. The number of hydrogen-bond acceptors (Lipinski definition) is 6. The van der Waals surface area contributed by atoms with Gasteiger partial charge in [0, 0.05) is 36.1 Å². The number of aromatic nitrogens is 1. The van der Waals surface area contributed by atoms with Crippen molar-refractivity contribution in [3.8, 4) is 5.75 Å². The van der Waals surface area contributed by atoms with Crippen molar-refractivity contribution in [3.05, 3.63) is 61.1 Å². The van der Waals surface area contributed by atoms with E-state index in [4.69, 9.17) is 14.2 Å². The lowest BCUT2D eigenvalue weighted by molar-refractivity contribution is -0.136. The normalized spacial score (nSPS) is 10.9. The fourth-order valence-corrected chi connectivity index (χ4v) is 3.74. The number of carbonyl (C=O) groups is 2. The smallest absolute Gasteiger partial charge is 0.308 e. The van der Waals surface area contributed by atoms with Crippen LogP contribution in [0.2, 0.25) is 0 Å². The first kappa shape index (κ1) is 26.8. The summed E-state index contributed by atoms with van der Waals surface area (Å²) >= 11 is 2.19. The van der Waals surface area contributed by atoms with E-state index in [9.17, 15) is 19.5 Å². The number of ether oxygens (including phenoxy) is 3. The molecule has 0 aliphatic rings. The first-order valence-electron chi connectivity index (χ1n) is 10.5. The average molecular weight is 572 g/mol. The van der Waals surface area contributed by atoms with Crippen LogP contribution in [-0.4, -0.2) is 48.7 Å². The number of nitrogens with zero attached hydrogens (tertiary/aromatic N) is 1. The lowest BCUT2D eigenvalue weighted by Gasteiger charge is -2.22. The summed E-state index contributed by atoms with van der Waals surface area (Å²) in [5.74, 6) is -1.86. The number of carboxylic acid groups (broad SMARTS) is 1. The van der Waals surface area contributed by atoms with Crippen LogP contribution in [0.1, 0.15) is 41.4 Å². The Kier molecular flexibility index (Phi) is 10.8. The lowest BCUT2D eigenvalue weighted by atomic mass is 10.1. The van der Waals surface area contributed by atoms with E-state index in [1.165, 1.54) is 25.0 Å². The highest BCUT2D eigenvalue weighted by Gasteiger charge is 2.25. The molecule has 0 atom stereocenters. The molecule has 0 radical (unpaired) electrons. The van der Waals surface area contributed by atoms with Gasteiger partial charge in [0.25, 0.3) is 5.91 Å². The van der Waals surface area contributed by atoms with Gasteiger partial charge in [-0.25, -0.2) is 0 Å². The third-order valence-electron chi connectivity index (χ3n) is 4.83. The third kappa shape index (κ3) is 7.83. The van der Waals surface area contributed by atoms with Crippen molar-refractivity contribution in [2.75, 3.05) is 20.8 Å². The number of hydrogen-bond donors (Lipinski definition) is 2. The molecule has 1 aromatic carbocycles. The average Bonchev–Trinajstić information content (AvgIpc) is 2.78. The Morgan fingerprint density at radius 1 is 1.24 bits per heavy atom. The number of benzene rings is 1. The van der Waals surface area contributed by atoms with E-state index < -0.39 is 30.0 Å². The number of pyridine rings is 1. The number of methoxy groups -OCH3 is 2. The molecule has 33 heavy (non-hydrogen) atoms. The molecule has 10 heteroatoms. The minimum absolute atomic E-state index is 0.00466. The summed E-state index contributed by atoms with van der Waals surface area (Å²) in [5.41, 5.74) is 0.284. The molecule has 0 aliphatic heterocycles. The van der Waals surface area contributed by atoms with Gasteiger partial charge in [-0.3, -0.25) is 14.4 Å². The molecular formula is C23H29IN2O7. The Morgan fingerprint density at radius 2 is 1.97 bits per heavy atom. The van der Waals surface area contributed by atoms with Gasteiger partial charge in [-0.05, 0) is 46.7 Å². The Morgan fingerprint density at radius 3 is 2.58 bits per heavy atom. The molecule has 0 saturated carbocycles. The predicted octanol–water partition coefficient (Wildman–Crippen LogP) is 2.81. The van der Waals surface area contributed by atoms with Crippen LogP contribution in [0.25, 0.3) is 0 Å². The number of aliphatic carboxylic acids is 1. The molecule has 0 unspecified atom stereocenters. The van der Waals surface area contributed by atoms with Crippen molar-refractivity contribution in [1.82, 2.24) is 9.88 Å². The van der Waals surface area contributed by atoms with Gasteiger partial charge in [0.05, 0.1) is 19.6 Å². The zero-order chi connectivity index (χ0) is 24.4. The Balaban J connectivity index is 2.53. The maximum absolute atomic E-state index is 13.3. The maximum Gasteiger partial charge on any atom is 0.308 e. The van der Waals surface area contributed by atoms with Gasteiger partial charge in [-0.15, -0.1) is 0 Å². The van der Waals surface area contributed by atoms with Gasteiger partial charge in [0.1, 0.15) is 0 Å². The van der Waals surface area contributed by atoms with Gasteiger partial charge in [-0.1, -0.05) is 25.5 Å². The summed E-state index contributed by atoms with van der Waals surface area (Å²) < 4.78 is 18.8. The quantitative estimate of drug-likeness (QED) is 0.216. The summed E-state index contributed by atoms with van der Waals surface area (Å²) in [6.45, 7) is 2.49. The van der Waals surface area contributed by atoms with Crippen molar-refractivity contribution >= 4 is 34.5 Å². The standard InChI is InChI=1S/C23H29IN2O7/c1-4-5-9-33-22-20(23(30)25-12-15-7-6-8-17(24)10-15)26(14-19(31-2)32-3)13-16(21(22)29)11-18(27)28/h6-8,10,13,19H,4-5,9,11-12,14H2,1-3H3,(H,25,30)(H,27,28). The summed E-state index contributed by atoms with van der Waals surface area (Å²) in [6.07, 6.45) is 1.63. The molecule has 180 valence electrons. The van der Waals surface area contributed by atoms with Gasteiger partial charge in [0.15, 0.2) is 17.7 Å². The molecule has 1 heterocycles. The zero-order valence-corrected chi connectivity index (χ0v) is 21.1. The second kappa shape index (κ2) is 13.3. The fourth-order valence-electron chi connectivity index (χ4n) is 3.13. The molecule has 2 rings (SSSR count). The molecule has 0 bridgehead atoms. The fraction of sp³-hybridized carbons (Fsp3) is 0.435. The van der Waals surface area contributed by atoms with E-state index in [0.717, 1.165) is 15.6 Å². The minimum Gasteiger partial charge on any atom is -0.487 e. The largest absolute Gasteiger partial charge is 0.487 e. The first-order chi connectivity index (χ1) is 15.8. The predicted molar refractivity (Wildman–Crippen MR) is 131 cm³/mol. The number of nitrogens with one attached hydrogen (secondary N) is 1. The number of carbonyl (C=O) groups excluding carboxylic acids is 1. The van der Waals surface area contributed by atoms with Crippen molar-refractivity contribution in [2.24, 2.45) is 0 Å². The van der Waals surface area contributed by atoms with Crippen LogP contribution in [0.15, 0.2) is 35.3 Å². The van der Waals surface area contributed by atoms with Crippen LogP contribution in [0.5, 0.6) is 5.75 Å². The van der Waals surface area contributed by atoms with E-state index in [1.54, 1.807) is 0 Å². The summed E-state index contributed by atoms with van der Waals surface area (Å²) in [6, 6.07) is 7.66. The van der Waals surface area contributed by atoms with Gasteiger partial charge in [-0.2, -0.15) is 0 Å². The molecule has 0 fully saturated rings. The molecule has 0 saturated heterocycles. The molecular weight excluding hydrogens is 543 g/mol. The topological polar surface area (TPSA) is 116 Å². The summed E-state index contributed by atoms with van der Waals surface area (Å²) in [4.78, 5) is 37.7. The molecule has 2 aromatic rings.